The van der Waals surface area contributed by atoms with Gasteiger partial charge in [-0.2, -0.15) is 5.10 Å². The second-order valence-corrected chi connectivity index (χ2v) is 8.94. The Labute approximate surface area is 198 Å². The number of amides is 2. The maximum absolute atomic E-state index is 13.5. The summed E-state index contributed by atoms with van der Waals surface area (Å²) in [6.45, 7) is 4.88. The van der Waals surface area contributed by atoms with Gasteiger partial charge in [0.15, 0.2) is 5.65 Å². The van der Waals surface area contributed by atoms with Crippen LogP contribution in [0.4, 0.5) is 9.18 Å². The quantitative estimate of drug-likeness (QED) is 0.532. The maximum Gasteiger partial charge on any atom is 0.406 e. The molecule has 11 heteroatoms. The molecule has 1 aliphatic carbocycles. The van der Waals surface area contributed by atoms with Gasteiger partial charge in [-0.1, -0.05) is 0 Å². The molecule has 1 aliphatic heterocycles. The number of carbonyl (C=O) groups excluding carboxylic acids is 2. The molecule has 2 amide bonds. The van der Waals surface area contributed by atoms with Crippen molar-refractivity contribution in [1.29, 1.82) is 0 Å². The highest BCUT2D eigenvalue weighted by Gasteiger charge is 2.41. The summed E-state index contributed by atoms with van der Waals surface area (Å²) >= 11 is 0. The molecule has 2 aromatic heterocycles. The third kappa shape index (κ3) is 5.30. The van der Waals surface area contributed by atoms with Gasteiger partial charge in [-0.05, 0) is 45.2 Å². The van der Waals surface area contributed by atoms with Gasteiger partial charge in [-0.3, -0.25) is 4.79 Å². The molecule has 2 fully saturated rings. The zero-order valence-corrected chi connectivity index (χ0v) is 19.9. The maximum atomic E-state index is 13.5. The number of aryl methyl sites for hydroxylation is 2. The van der Waals surface area contributed by atoms with E-state index < -0.39 is 18.9 Å². The Bertz CT molecular complexity index is 1020. The molecule has 186 valence electrons. The van der Waals surface area contributed by atoms with E-state index in [-0.39, 0.29) is 30.6 Å². The third-order valence-electron chi connectivity index (χ3n) is 6.32. The van der Waals surface area contributed by atoms with Crippen LogP contribution in [-0.2, 0) is 20.8 Å². The Morgan fingerprint density at radius 3 is 2.85 bits per heavy atom. The van der Waals surface area contributed by atoms with Crippen LogP contribution in [0.5, 0.6) is 0 Å². The van der Waals surface area contributed by atoms with Crippen molar-refractivity contribution in [2.75, 3.05) is 33.5 Å². The van der Waals surface area contributed by atoms with Crippen molar-refractivity contribution in [3.63, 3.8) is 0 Å². The fourth-order valence-electron chi connectivity index (χ4n) is 4.35. The molecule has 3 heterocycles. The van der Waals surface area contributed by atoms with Gasteiger partial charge in [-0.15, -0.1) is 0 Å². The molecule has 1 saturated carbocycles. The van der Waals surface area contributed by atoms with Crippen LogP contribution in [0.2, 0.25) is 0 Å². The predicted octanol–water partition coefficient (Wildman–Crippen LogP) is 1.86. The molecule has 2 aliphatic rings. The predicted molar refractivity (Wildman–Crippen MR) is 123 cm³/mol. The second-order valence-electron chi connectivity index (χ2n) is 8.94. The van der Waals surface area contributed by atoms with Gasteiger partial charge >= 0.3 is 6.09 Å². The van der Waals surface area contributed by atoms with E-state index in [1.807, 2.05) is 35.6 Å². The van der Waals surface area contributed by atoms with Gasteiger partial charge < -0.3 is 25.0 Å². The van der Waals surface area contributed by atoms with Crippen LogP contribution >= 0.6 is 0 Å². The van der Waals surface area contributed by atoms with E-state index in [0.717, 1.165) is 35.3 Å². The number of halogens is 1. The first kappa shape index (κ1) is 24.3. The number of alkyl carbamates (subject to hydrolysis) is 1. The highest BCUT2D eigenvalue weighted by atomic mass is 19.1. The Hall–Kier alpha value is -2.79. The minimum Gasteiger partial charge on any atom is -0.453 e. The van der Waals surface area contributed by atoms with Crippen molar-refractivity contribution in [2.24, 2.45) is 0 Å². The lowest BCUT2D eigenvalue weighted by molar-refractivity contribution is -0.149. The van der Waals surface area contributed by atoms with E-state index in [4.69, 9.17) is 14.8 Å². The first-order valence-corrected chi connectivity index (χ1v) is 11.8. The van der Waals surface area contributed by atoms with Gasteiger partial charge in [0.2, 0.25) is 0 Å². The molecule has 0 unspecified atom stereocenters. The van der Waals surface area contributed by atoms with Crippen molar-refractivity contribution < 1.29 is 23.5 Å². The second kappa shape index (κ2) is 10.6. The van der Waals surface area contributed by atoms with E-state index in [1.54, 1.807) is 0 Å². The summed E-state index contributed by atoms with van der Waals surface area (Å²) in [4.78, 5) is 31.3. The molecule has 0 spiro atoms. The number of fused-ring (bicyclic) bond motifs is 1. The zero-order valence-electron chi connectivity index (χ0n) is 19.9. The van der Waals surface area contributed by atoms with E-state index in [1.165, 1.54) is 7.11 Å². The number of pyridine rings is 1. The van der Waals surface area contributed by atoms with Gasteiger partial charge in [0.25, 0.3) is 5.91 Å². The van der Waals surface area contributed by atoms with E-state index in [2.05, 4.69) is 15.4 Å². The zero-order chi connectivity index (χ0) is 24.2. The number of hydrogen-bond donors (Lipinski definition) is 2. The van der Waals surface area contributed by atoms with Crippen LogP contribution in [0.3, 0.4) is 0 Å². The number of hydrogen-bond acceptors (Lipinski definition) is 7. The molecule has 34 heavy (non-hydrogen) atoms. The first-order valence-electron chi connectivity index (χ1n) is 11.8. The lowest BCUT2D eigenvalue weighted by Crippen LogP contribution is -2.54. The largest absolute Gasteiger partial charge is 0.453 e. The number of nitrogens with zero attached hydrogens (tertiary/aromatic N) is 4. The SMILES string of the molecule is COC(=O)NCCCn1nc([C@@H](C)N(C(=O)[C@H]2CN[C@@H](CF)CO2)C2CC2)c2ccc(C)nc21. The Kier molecular flexibility index (Phi) is 7.62. The summed E-state index contributed by atoms with van der Waals surface area (Å²) < 4.78 is 25.1. The van der Waals surface area contributed by atoms with Gasteiger partial charge in [0.05, 0.1) is 31.5 Å². The molecule has 0 radical (unpaired) electrons. The Morgan fingerprint density at radius 2 is 2.21 bits per heavy atom. The topological polar surface area (TPSA) is 111 Å². The number of carbonyl (C=O) groups is 2. The van der Waals surface area contributed by atoms with Gasteiger partial charge in [-0.25, -0.2) is 18.9 Å². The number of aromatic nitrogens is 3. The summed E-state index contributed by atoms with van der Waals surface area (Å²) in [6.07, 6.45) is 1.43. The summed E-state index contributed by atoms with van der Waals surface area (Å²) in [5, 5.41) is 11.5. The molecular weight excluding hydrogens is 443 g/mol. The molecule has 2 N–H and O–H groups in total. The van der Waals surface area contributed by atoms with E-state index in [9.17, 15) is 14.0 Å². The molecule has 2 aromatic rings. The highest BCUT2D eigenvalue weighted by Crippen LogP contribution is 2.37. The number of morpholine rings is 1. The molecule has 0 aromatic carbocycles. The van der Waals surface area contributed by atoms with Crippen LogP contribution in [0.25, 0.3) is 11.0 Å². The summed E-state index contributed by atoms with van der Waals surface area (Å²) in [7, 11) is 1.33. The average Bonchev–Trinajstić information content (AvgIpc) is 3.62. The van der Waals surface area contributed by atoms with Crippen molar-refractivity contribution in [2.45, 2.75) is 63.9 Å². The molecule has 0 bridgehead atoms. The first-order chi connectivity index (χ1) is 16.4. The van der Waals surface area contributed by atoms with E-state index in [0.29, 0.717) is 26.1 Å². The standard InChI is InChI=1S/C23H33FN6O4/c1-14-5-8-18-20(28-29(21(18)27-14)10-4-9-25-23(32)33-3)15(2)30(17-6-7-17)22(31)19-12-26-16(11-24)13-34-19/h5,8,15-17,19,26H,4,6-7,9-13H2,1-3H3,(H,25,32)/t15-,16+,19-/m1/s1. The van der Waals surface area contributed by atoms with Crippen molar-refractivity contribution in [3.05, 3.63) is 23.5 Å². The summed E-state index contributed by atoms with van der Waals surface area (Å²) in [5.74, 6) is -0.0927. The normalized spacial score (nSPS) is 21.3. The van der Waals surface area contributed by atoms with E-state index >= 15 is 0 Å². The average molecular weight is 477 g/mol. The Balaban J connectivity index is 1.55. The summed E-state index contributed by atoms with van der Waals surface area (Å²) in [6, 6.07) is 3.45. The molecule has 3 atom stereocenters. The Morgan fingerprint density at radius 1 is 1.41 bits per heavy atom. The monoisotopic (exact) mass is 476 g/mol. The van der Waals surface area contributed by atoms with Crippen LogP contribution < -0.4 is 10.6 Å². The van der Waals surface area contributed by atoms with Crippen LogP contribution in [-0.4, -0.2) is 83.3 Å². The molecule has 1 saturated heterocycles. The molecule has 4 rings (SSSR count). The minimum absolute atomic E-state index is 0.0927. The third-order valence-corrected chi connectivity index (χ3v) is 6.32. The molecular formula is C23H33FN6O4. The van der Waals surface area contributed by atoms with Crippen LogP contribution in [0.1, 0.15) is 43.6 Å². The van der Waals surface area contributed by atoms with Gasteiger partial charge in [0, 0.05) is 36.8 Å². The number of rotatable bonds is 9. The van der Waals surface area contributed by atoms with Crippen LogP contribution in [0.15, 0.2) is 12.1 Å². The van der Waals surface area contributed by atoms with Crippen LogP contribution in [0, 0.1) is 6.92 Å². The fourth-order valence-corrected chi connectivity index (χ4v) is 4.35. The lowest BCUT2D eigenvalue weighted by atomic mass is 10.1. The number of methoxy groups -OCH3 is 1. The number of nitrogens with one attached hydrogen (secondary N) is 2. The van der Waals surface area contributed by atoms with Crippen molar-refractivity contribution in [3.8, 4) is 0 Å². The molecule has 10 nitrogen and oxygen atoms in total. The lowest BCUT2D eigenvalue weighted by Gasteiger charge is -2.35. The van der Waals surface area contributed by atoms with Gasteiger partial charge in [0.1, 0.15) is 12.8 Å². The summed E-state index contributed by atoms with van der Waals surface area (Å²) in [5.41, 5.74) is 2.42. The van der Waals surface area contributed by atoms with Crippen molar-refractivity contribution in [1.82, 2.24) is 30.3 Å². The van der Waals surface area contributed by atoms with Crippen molar-refractivity contribution >= 4 is 23.0 Å². The number of ether oxygens (including phenoxy) is 2. The fraction of sp³-hybridized carbons (Fsp3) is 0.652. The minimum atomic E-state index is -0.635. The number of alkyl halides is 1. The smallest absolute Gasteiger partial charge is 0.406 e. The highest BCUT2D eigenvalue weighted by molar-refractivity contribution is 5.84.